The fourth-order valence-electron chi connectivity index (χ4n) is 2.36. The summed E-state index contributed by atoms with van der Waals surface area (Å²) in [6.45, 7) is 5.84. The fraction of sp³-hybridized carbons (Fsp3) is 0.353. The Labute approximate surface area is 134 Å². The maximum atomic E-state index is 12.6. The smallest absolute Gasteiger partial charge is 0.270 e. The van der Waals surface area contributed by atoms with E-state index in [0.29, 0.717) is 17.3 Å². The Morgan fingerprint density at radius 2 is 1.96 bits per heavy atom. The molecule has 2 N–H and O–H groups in total. The van der Waals surface area contributed by atoms with Gasteiger partial charge in [0.2, 0.25) is 5.91 Å². The van der Waals surface area contributed by atoms with Crippen molar-refractivity contribution in [2.45, 2.75) is 26.8 Å². The number of amides is 2. The van der Waals surface area contributed by atoms with Crippen molar-refractivity contribution >= 4 is 22.6 Å². The molecule has 0 aliphatic heterocycles. The predicted octanol–water partition coefficient (Wildman–Crippen LogP) is 1.51. The molecule has 2 rings (SSSR count). The van der Waals surface area contributed by atoms with E-state index in [2.05, 4.69) is 10.3 Å². The van der Waals surface area contributed by atoms with E-state index in [-0.39, 0.29) is 35.7 Å². The standard InChI is InChI=1S/C17H21N3O3/c1-4-20(10-15(21)18-11(2)3)17(23)14-9-12-7-5-6-8-13(12)16(22)19-14/h5-9,11H,4,10H2,1-3H3,(H,18,21)(H,19,22). The van der Waals surface area contributed by atoms with Gasteiger partial charge >= 0.3 is 0 Å². The highest BCUT2D eigenvalue weighted by Gasteiger charge is 2.19. The molecule has 6 nitrogen and oxygen atoms in total. The van der Waals surface area contributed by atoms with Gasteiger partial charge in [-0.05, 0) is 38.3 Å². The zero-order chi connectivity index (χ0) is 17.0. The van der Waals surface area contributed by atoms with Crippen LogP contribution >= 0.6 is 0 Å². The SMILES string of the molecule is CCN(CC(=O)NC(C)C)C(=O)c1cc2ccccc2c(=O)[nH]1. The summed E-state index contributed by atoms with van der Waals surface area (Å²) in [7, 11) is 0. The summed E-state index contributed by atoms with van der Waals surface area (Å²) in [4.78, 5) is 40.5. The van der Waals surface area contributed by atoms with E-state index in [4.69, 9.17) is 0 Å². The summed E-state index contributed by atoms with van der Waals surface area (Å²) in [5.74, 6) is -0.590. The van der Waals surface area contributed by atoms with Gasteiger partial charge in [-0.1, -0.05) is 18.2 Å². The van der Waals surface area contributed by atoms with E-state index < -0.39 is 0 Å². The number of benzene rings is 1. The number of nitrogens with one attached hydrogen (secondary N) is 2. The minimum Gasteiger partial charge on any atom is -0.352 e. The highest BCUT2D eigenvalue weighted by Crippen LogP contribution is 2.11. The minimum absolute atomic E-state index is 0.0109. The first-order valence-electron chi connectivity index (χ1n) is 7.63. The summed E-state index contributed by atoms with van der Waals surface area (Å²) < 4.78 is 0. The van der Waals surface area contributed by atoms with E-state index in [1.165, 1.54) is 4.90 Å². The quantitative estimate of drug-likeness (QED) is 0.877. The number of hydrogen-bond donors (Lipinski definition) is 2. The van der Waals surface area contributed by atoms with Crippen molar-refractivity contribution in [1.82, 2.24) is 15.2 Å². The van der Waals surface area contributed by atoms with Crippen LogP contribution in [0.5, 0.6) is 0 Å². The molecule has 1 heterocycles. The molecular weight excluding hydrogens is 294 g/mol. The number of pyridine rings is 1. The molecule has 6 heteroatoms. The summed E-state index contributed by atoms with van der Waals surface area (Å²) in [6, 6.07) is 8.72. The third-order valence-corrected chi connectivity index (χ3v) is 3.44. The maximum Gasteiger partial charge on any atom is 0.270 e. The molecule has 1 aromatic carbocycles. The number of carbonyl (C=O) groups excluding carboxylic acids is 2. The molecule has 1 aromatic heterocycles. The summed E-state index contributed by atoms with van der Waals surface area (Å²) in [5.41, 5.74) is -0.123. The van der Waals surface area contributed by atoms with Crippen LogP contribution in [-0.4, -0.2) is 40.8 Å². The van der Waals surface area contributed by atoms with E-state index in [1.54, 1.807) is 31.2 Å². The Hall–Kier alpha value is -2.63. The van der Waals surface area contributed by atoms with Gasteiger partial charge in [-0.25, -0.2) is 0 Å². The van der Waals surface area contributed by atoms with Gasteiger partial charge in [0.1, 0.15) is 5.69 Å². The minimum atomic E-state index is -0.366. The van der Waals surface area contributed by atoms with Gasteiger partial charge in [0.05, 0.1) is 6.54 Å². The molecule has 0 radical (unpaired) electrons. The summed E-state index contributed by atoms with van der Waals surface area (Å²) in [5, 5.41) is 3.98. The number of hydrogen-bond acceptors (Lipinski definition) is 3. The van der Waals surface area contributed by atoms with Crippen molar-refractivity contribution < 1.29 is 9.59 Å². The largest absolute Gasteiger partial charge is 0.352 e. The molecule has 23 heavy (non-hydrogen) atoms. The first-order chi connectivity index (χ1) is 10.9. The molecule has 0 bridgehead atoms. The predicted molar refractivity (Wildman–Crippen MR) is 89.4 cm³/mol. The second kappa shape index (κ2) is 7.09. The number of aromatic nitrogens is 1. The van der Waals surface area contributed by atoms with Crippen molar-refractivity contribution in [3.63, 3.8) is 0 Å². The second-order valence-electron chi connectivity index (χ2n) is 5.64. The van der Waals surface area contributed by atoms with Crippen LogP contribution in [0.25, 0.3) is 10.8 Å². The van der Waals surface area contributed by atoms with Crippen LogP contribution in [0.2, 0.25) is 0 Å². The Kier molecular flexibility index (Phi) is 5.16. The normalized spacial score (nSPS) is 10.8. The number of likely N-dealkylation sites (N-methyl/N-ethyl adjacent to an activating group) is 1. The first kappa shape index (κ1) is 16.7. The molecule has 2 amide bonds. The molecule has 0 unspecified atom stereocenters. The Balaban J connectivity index is 2.27. The zero-order valence-corrected chi connectivity index (χ0v) is 13.6. The lowest BCUT2D eigenvalue weighted by Gasteiger charge is -2.21. The van der Waals surface area contributed by atoms with E-state index in [1.807, 2.05) is 19.9 Å². The number of rotatable bonds is 5. The van der Waals surface area contributed by atoms with Crippen LogP contribution < -0.4 is 10.9 Å². The van der Waals surface area contributed by atoms with Crippen LogP contribution in [0.15, 0.2) is 35.1 Å². The van der Waals surface area contributed by atoms with Crippen LogP contribution in [0.3, 0.4) is 0 Å². The lowest BCUT2D eigenvalue weighted by atomic mass is 10.1. The van der Waals surface area contributed by atoms with Gasteiger partial charge in [0.15, 0.2) is 0 Å². The van der Waals surface area contributed by atoms with E-state index in [0.717, 1.165) is 0 Å². The molecule has 0 fully saturated rings. The topological polar surface area (TPSA) is 82.3 Å². The fourth-order valence-corrected chi connectivity index (χ4v) is 2.36. The summed E-state index contributed by atoms with van der Waals surface area (Å²) >= 11 is 0. The Morgan fingerprint density at radius 3 is 2.61 bits per heavy atom. The zero-order valence-electron chi connectivity index (χ0n) is 13.6. The van der Waals surface area contributed by atoms with Crippen molar-refractivity contribution in [1.29, 1.82) is 0 Å². The first-order valence-corrected chi connectivity index (χ1v) is 7.63. The summed E-state index contributed by atoms with van der Waals surface area (Å²) in [6.07, 6.45) is 0. The third-order valence-electron chi connectivity index (χ3n) is 3.44. The molecule has 122 valence electrons. The highest BCUT2D eigenvalue weighted by atomic mass is 16.2. The molecule has 0 spiro atoms. The highest BCUT2D eigenvalue weighted by molar-refractivity contribution is 5.98. The Morgan fingerprint density at radius 1 is 1.26 bits per heavy atom. The van der Waals surface area contributed by atoms with Gasteiger partial charge in [-0.15, -0.1) is 0 Å². The number of H-pyrrole nitrogens is 1. The van der Waals surface area contributed by atoms with Gasteiger partial charge < -0.3 is 15.2 Å². The monoisotopic (exact) mass is 315 g/mol. The average molecular weight is 315 g/mol. The average Bonchev–Trinajstić information content (AvgIpc) is 2.51. The van der Waals surface area contributed by atoms with Crippen LogP contribution in [0.1, 0.15) is 31.3 Å². The van der Waals surface area contributed by atoms with Crippen LogP contribution in [0.4, 0.5) is 0 Å². The number of carbonyl (C=O) groups is 2. The Bertz CT molecular complexity index is 780. The van der Waals surface area contributed by atoms with Gasteiger partial charge in [0, 0.05) is 18.0 Å². The van der Waals surface area contributed by atoms with Crippen molar-refractivity contribution in [3.05, 3.63) is 46.4 Å². The van der Waals surface area contributed by atoms with E-state index >= 15 is 0 Å². The van der Waals surface area contributed by atoms with Gasteiger partial charge in [0.25, 0.3) is 11.5 Å². The molecule has 0 aliphatic carbocycles. The molecule has 0 aliphatic rings. The third kappa shape index (κ3) is 3.97. The molecule has 2 aromatic rings. The van der Waals surface area contributed by atoms with Crippen LogP contribution in [0, 0.1) is 0 Å². The van der Waals surface area contributed by atoms with Crippen LogP contribution in [-0.2, 0) is 4.79 Å². The number of fused-ring (bicyclic) bond motifs is 1. The van der Waals surface area contributed by atoms with Crippen molar-refractivity contribution in [2.75, 3.05) is 13.1 Å². The van der Waals surface area contributed by atoms with E-state index in [9.17, 15) is 14.4 Å². The number of nitrogens with zero attached hydrogens (tertiary/aromatic N) is 1. The van der Waals surface area contributed by atoms with Gasteiger partial charge in [-0.2, -0.15) is 0 Å². The molecular formula is C17H21N3O3. The van der Waals surface area contributed by atoms with Crippen molar-refractivity contribution in [3.8, 4) is 0 Å². The lowest BCUT2D eigenvalue weighted by molar-refractivity contribution is -0.122. The second-order valence-corrected chi connectivity index (χ2v) is 5.64. The lowest BCUT2D eigenvalue weighted by Crippen LogP contribution is -2.43. The van der Waals surface area contributed by atoms with Gasteiger partial charge in [-0.3, -0.25) is 14.4 Å². The maximum absolute atomic E-state index is 12.6. The molecule has 0 saturated carbocycles. The molecule has 0 atom stereocenters. The van der Waals surface area contributed by atoms with Crippen molar-refractivity contribution in [2.24, 2.45) is 0 Å². The number of aromatic amines is 1. The molecule has 0 saturated heterocycles.